The van der Waals surface area contributed by atoms with Crippen molar-refractivity contribution in [2.24, 2.45) is 0 Å². The molecule has 0 aromatic carbocycles. The first kappa shape index (κ1) is 13.8. The van der Waals surface area contributed by atoms with Gasteiger partial charge in [0, 0.05) is 0 Å². The van der Waals surface area contributed by atoms with Crippen LogP contribution in [0.15, 0.2) is 12.0 Å². The van der Waals surface area contributed by atoms with Gasteiger partial charge in [0.1, 0.15) is 25.5 Å². The van der Waals surface area contributed by atoms with Crippen molar-refractivity contribution in [3.05, 3.63) is 12.0 Å². The van der Waals surface area contributed by atoms with Gasteiger partial charge in [-0.15, -0.1) is 0 Å². The Morgan fingerprint density at radius 3 is 2.72 bits per heavy atom. The van der Waals surface area contributed by atoms with Crippen LogP contribution in [0, 0.1) is 0 Å². The number of esters is 1. The highest BCUT2D eigenvalue weighted by molar-refractivity contribution is 5.95. The van der Waals surface area contributed by atoms with Gasteiger partial charge in [0.25, 0.3) is 5.91 Å². The number of hydrogen-bond acceptors (Lipinski definition) is 6. The molecule has 2 N–H and O–H groups in total. The molecule has 8 nitrogen and oxygen atoms in total. The van der Waals surface area contributed by atoms with Crippen molar-refractivity contribution in [2.75, 3.05) is 20.3 Å². The van der Waals surface area contributed by atoms with E-state index in [0.29, 0.717) is 6.61 Å². The standard InChI is InChI=1S/C10H13NO7/c1-16-8(12)4-6(10(14)15)11-9(13)7-5-17-2-3-18-7/h5-6H,2-4H2,1H3,(H,11,13)(H,14,15)/t6-/m0/s1. The van der Waals surface area contributed by atoms with E-state index >= 15 is 0 Å². The van der Waals surface area contributed by atoms with Crippen LogP contribution in [0.25, 0.3) is 0 Å². The molecule has 1 heterocycles. The van der Waals surface area contributed by atoms with Crippen molar-refractivity contribution < 1.29 is 33.7 Å². The second-order valence-electron chi connectivity index (χ2n) is 3.35. The van der Waals surface area contributed by atoms with Crippen LogP contribution in [-0.4, -0.2) is 49.3 Å². The van der Waals surface area contributed by atoms with Crippen LogP contribution in [0.3, 0.4) is 0 Å². The Kier molecular flexibility index (Phi) is 4.97. The molecule has 0 saturated carbocycles. The van der Waals surface area contributed by atoms with E-state index in [1.807, 2.05) is 0 Å². The number of ether oxygens (including phenoxy) is 3. The number of carboxylic acids is 1. The van der Waals surface area contributed by atoms with Crippen LogP contribution < -0.4 is 5.32 Å². The Hall–Kier alpha value is -2.25. The fourth-order valence-electron chi connectivity index (χ4n) is 1.17. The fourth-order valence-corrected chi connectivity index (χ4v) is 1.17. The van der Waals surface area contributed by atoms with E-state index in [-0.39, 0.29) is 12.4 Å². The van der Waals surface area contributed by atoms with Gasteiger partial charge in [-0.05, 0) is 0 Å². The molecule has 100 valence electrons. The Bertz CT molecular complexity index is 376. The number of carboxylic acid groups (broad SMARTS) is 1. The molecule has 0 bridgehead atoms. The molecule has 0 aromatic heterocycles. The monoisotopic (exact) mass is 259 g/mol. The first-order chi connectivity index (χ1) is 8.54. The zero-order valence-electron chi connectivity index (χ0n) is 9.67. The molecular weight excluding hydrogens is 246 g/mol. The predicted molar refractivity (Wildman–Crippen MR) is 56.2 cm³/mol. The van der Waals surface area contributed by atoms with E-state index in [1.165, 1.54) is 0 Å². The number of amides is 1. The lowest BCUT2D eigenvalue weighted by atomic mass is 10.2. The number of carbonyl (C=O) groups excluding carboxylic acids is 2. The van der Waals surface area contributed by atoms with Crippen LogP contribution in [0.1, 0.15) is 6.42 Å². The van der Waals surface area contributed by atoms with Gasteiger partial charge >= 0.3 is 11.9 Å². The Balaban J connectivity index is 2.60. The highest BCUT2D eigenvalue weighted by atomic mass is 16.6. The summed E-state index contributed by atoms with van der Waals surface area (Å²) in [5.74, 6) is -2.97. The van der Waals surface area contributed by atoms with E-state index in [9.17, 15) is 14.4 Å². The molecule has 1 aliphatic rings. The quantitative estimate of drug-likeness (QED) is 0.609. The van der Waals surface area contributed by atoms with E-state index in [1.54, 1.807) is 0 Å². The maximum atomic E-state index is 11.6. The zero-order valence-corrected chi connectivity index (χ0v) is 9.67. The lowest BCUT2D eigenvalue weighted by Crippen LogP contribution is -2.43. The maximum absolute atomic E-state index is 11.6. The van der Waals surface area contributed by atoms with Gasteiger partial charge < -0.3 is 24.6 Å². The van der Waals surface area contributed by atoms with Crippen molar-refractivity contribution in [2.45, 2.75) is 12.5 Å². The van der Waals surface area contributed by atoms with Crippen LogP contribution in [-0.2, 0) is 28.6 Å². The highest BCUT2D eigenvalue weighted by Gasteiger charge is 2.26. The predicted octanol–water partition coefficient (Wildman–Crippen LogP) is -0.993. The summed E-state index contributed by atoms with van der Waals surface area (Å²) in [5.41, 5.74) is 0. The number of aliphatic carboxylic acids is 1. The fraction of sp³-hybridized carbons (Fsp3) is 0.500. The maximum Gasteiger partial charge on any atom is 0.326 e. The summed E-state index contributed by atoms with van der Waals surface area (Å²) in [6.45, 7) is 0.523. The van der Waals surface area contributed by atoms with Crippen LogP contribution in [0.4, 0.5) is 0 Å². The molecule has 0 radical (unpaired) electrons. The topological polar surface area (TPSA) is 111 Å². The van der Waals surface area contributed by atoms with Crippen molar-refractivity contribution in [3.8, 4) is 0 Å². The third-order valence-corrected chi connectivity index (χ3v) is 2.07. The molecule has 8 heteroatoms. The molecule has 0 aliphatic carbocycles. The zero-order chi connectivity index (χ0) is 13.5. The van der Waals surface area contributed by atoms with Gasteiger partial charge in [-0.1, -0.05) is 0 Å². The number of nitrogens with one attached hydrogen (secondary N) is 1. The summed E-state index contributed by atoms with van der Waals surface area (Å²) < 4.78 is 14.2. The summed E-state index contributed by atoms with van der Waals surface area (Å²) >= 11 is 0. The smallest absolute Gasteiger partial charge is 0.326 e. The minimum Gasteiger partial charge on any atom is -0.494 e. The van der Waals surface area contributed by atoms with Gasteiger partial charge in [-0.2, -0.15) is 0 Å². The second kappa shape index (κ2) is 6.48. The second-order valence-corrected chi connectivity index (χ2v) is 3.35. The molecule has 1 amide bonds. The minimum absolute atomic E-state index is 0.127. The van der Waals surface area contributed by atoms with E-state index in [2.05, 4.69) is 10.1 Å². The Labute approximate surface area is 102 Å². The number of carbonyl (C=O) groups is 3. The van der Waals surface area contributed by atoms with Crippen LogP contribution in [0.2, 0.25) is 0 Å². The van der Waals surface area contributed by atoms with Crippen molar-refractivity contribution >= 4 is 17.8 Å². The molecule has 1 rings (SSSR count). The third kappa shape index (κ3) is 3.96. The van der Waals surface area contributed by atoms with Crippen LogP contribution in [0.5, 0.6) is 0 Å². The Morgan fingerprint density at radius 1 is 1.50 bits per heavy atom. The lowest BCUT2D eigenvalue weighted by molar-refractivity contribution is -0.148. The molecule has 1 atom stereocenters. The van der Waals surface area contributed by atoms with E-state index in [0.717, 1.165) is 13.4 Å². The molecule has 0 aromatic rings. The average molecular weight is 259 g/mol. The average Bonchev–Trinajstić information content (AvgIpc) is 2.38. The number of hydrogen-bond donors (Lipinski definition) is 2. The molecule has 0 saturated heterocycles. The number of rotatable bonds is 5. The number of methoxy groups -OCH3 is 1. The SMILES string of the molecule is COC(=O)C[C@H](NC(=O)C1=COCCO1)C(=O)O. The van der Waals surface area contributed by atoms with Gasteiger partial charge in [0.2, 0.25) is 5.76 Å². The lowest BCUT2D eigenvalue weighted by Gasteiger charge is -2.17. The van der Waals surface area contributed by atoms with Gasteiger partial charge in [-0.3, -0.25) is 9.59 Å². The molecular formula is C10H13NO7. The summed E-state index contributed by atoms with van der Waals surface area (Å²) in [5, 5.41) is 11.0. The van der Waals surface area contributed by atoms with Crippen molar-refractivity contribution in [1.29, 1.82) is 0 Å². The van der Waals surface area contributed by atoms with Crippen LogP contribution >= 0.6 is 0 Å². The minimum atomic E-state index is -1.38. The summed E-state index contributed by atoms with van der Waals surface area (Å²) in [6.07, 6.45) is 0.627. The first-order valence-electron chi connectivity index (χ1n) is 5.09. The highest BCUT2D eigenvalue weighted by Crippen LogP contribution is 2.05. The normalized spacial score (nSPS) is 15.5. The van der Waals surface area contributed by atoms with Gasteiger partial charge in [0.15, 0.2) is 0 Å². The molecule has 0 fully saturated rings. The van der Waals surface area contributed by atoms with Crippen molar-refractivity contribution in [1.82, 2.24) is 5.32 Å². The molecule has 1 aliphatic heterocycles. The van der Waals surface area contributed by atoms with Gasteiger partial charge in [0.05, 0.1) is 13.5 Å². The van der Waals surface area contributed by atoms with E-state index in [4.69, 9.17) is 14.6 Å². The third-order valence-electron chi connectivity index (χ3n) is 2.07. The molecule has 18 heavy (non-hydrogen) atoms. The first-order valence-corrected chi connectivity index (χ1v) is 5.09. The molecule has 0 unspecified atom stereocenters. The van der Waals surface area contributed by atoms with Gasteiger partial charge in [-0.25, -0.2) is 4.79 Å². The van der Waals surface area contributed by atoms with E-state index < -0.39 is 30.3 Å². The summed E-state index contributed by atoms with van der Waals surface area (Å²) in [4.78, 5) is 33.4. The van der Waals surface area contributed by atoms with Crippen molar-refractivity contribution in [3.63, 3.8) is 0 Å². The summed E-state index contributed by atoms with van der Waals surface area (Å²) in [7, 11) is 1.13. The largest absolute Gasteiger partial charge is 0.494 e. The summed E-state index contributed by atoms with van der Waals surface area (Å²) in [6, 6.07) is -1.38. The molecule has 0 spiro atoms. The Morgan fingerprint density at radius 2 is 2.22 bits per heavy atom.